The number of methoxy groups -OCH3 is 1. The highest BCUT2D eigenvalue weighted by atomic mass is 32.1. The van der Waals surface area contributed by atoms with Crippen LogP contribution in [0, 0.1) is 0 Å². The van der Waals surface area contributed by atoms with Crippen LogP contribution >= 0.6 is 11.3 Å². The van der Waals surface area contributed by atoms with Gasteiger partial charge in [0.1, 0.15) is 5.01 Å². The lowest BCUT2D eigenvalue weighted by Gasteiger charge is -2.02. The number of hydrogen-bond acceptors (Lipinski definition) is 5. The molecule has 0 aliphatic heterocycles. The zero-order chi connectivity index (χ0) is 8.65. The van der Waals surface area contributed by atoms with Crippen molar-refractivity contribution in [3.8, 4) is 0 Å². The second-order valence-corrected chi connectivity index (χ2v) is 3.07. The van der Waals surface area contributed by atoms with Crippen molar-refractivity contribution >= 4 is 11.3 Å². The molecule has 4 nitrogen and oxygen atoms in total. The highest BCUT2D eigenvalue weighted by Gasteiger charge is 1.93. The Kier molecular flexibility index (Phi) is 4.86. The highest BCUT2D eigenvalue weighted by Crippen LogP contribution is 2.01. The van der Waals surface area contributed by atoms with Gasteiger partial charge in [0.25, 0.3) is 0 Å². The Morgan fingerprint density at radius 3 is 3.17 bits per heavy atom. The van der Waals surface area contributed by atoms with Gasteiger partial charge in [0, 0.05) is 18.7 Å². The second kappa shape index (κ2) is 6.07. The summed E-state index contributed by atoms with van der Waals surface area (Å²) in [6.45, 7) is 1.81. The fourth-order valence-corrected chi connectivity index (χ4v) is 1.19. The molecule has 0 aromatic carbocycles. The van der Waals surface area contributed by atoms with Crippen molar-refractivity contribution in [3.05, 3.63) is 16.6 Å². The van der Waals surface area contributed by atoms with Crippen molar-refractivity contribution in [2.75, 3.05) is 20.3 Å². The zero-order valence-electron chi connectivity index (χ0n) is 6.95. The van der Waals surface area contributed by atoms with Crippen LogP contribution in [0.3, 0.4) is 0 Å². The molecule has 0 radical (unpaired) electrons. The molecule has 0 aliphatic rings. The van der Waals surface area contributed by atoms with Crippen molar-refractivity contribution in [3.63, 3.8) is 0 Å². The summed E-state index contributed by atoms with van der Waals surface area (Å²) in [5.74, 6) is 0. The standard InChI is InChI=1S/C7H12N2O2S/c1-10-3-4-11-9-6-7-8-2-5-12-7/h2,5,9H,3-4,6H2,1H3. The lowest BCUT2D eigenvalue weighted by atomic mass is 10.7. The summed E-state index contributed by atoms with van der Waals surface area (Å²) in [7, 11) is 1.64. The van der Waals surface area contributed by atoms with Crippen molar-refractivity contribution in [1.29, 1.82) is 0 Å². The van der Waals surface area contributed by atoms with Crippen molar-refractivity contribution in [1.82, 2.24) is 10.5 Å². The summed E-state index contributed by atoms with van der Waals surface area (Å²) < 4.78 is 4.80. The summed E-state index contributed by atoms with van der Waals surface area (Å²) in [5.41, 5.74) is 2.79. The smallest absolute Gasteiger partial charge is 0.109 e. The number of nitrogens with zero attached hydrogens (tertiary/aromatic N) is 1. The summed E-state index contributed by atoms with van der Waals surface area (Å²) in [6.07, 6.45) is 1.77. The normalized spacial score (nSPS) is 10.4. The van der Waals surface area contributed by atoms with Gasteiger partial charge in [-0.3, -0.25) is 4.84 Å². The lowest BCUT2D eigenvalue weighted by molar-refractivity contribution is 0.00344. The molecule has 1 N–H and O–H groups in total. The Morgan fingerprint density at radius 2 is 2.50 bits per heavy atom. The molecule has 1 rings (SSSR count). The van der Waals surface area contributed by atoms with Gasteiger partial charge in [-0.2, -0.15) is 5.48 Å². The third-order valence-corrected chi connectivity index (χ3v) is 1.98. The lowest BCUT2D eigenvalue weighted by Crippen LogP contribution is -2.16. The van der Waals surface area contributed by atoms with Gasteiger partial charge in [-0.25, -0.2) is 4.98 Å². The maximum Gasteiger partial charge on any atom is 0.109 e. The second-order valence-electron chi connectivity index (χ2n) is 2.09. The first kappa shape index (κ1) is 9.60. The van der Waals surface area contributed by atoms with Crippen molar-refractivity contribution in [2.24, 2.45) is 0 Å². The molecule has 0 bridgehead atoms. The SMILES string of the molecule is COCCONCc1nccs1. The molecule has 12 heavy (non-hydrogen) atoms. The van der Waals surface area contributed by atoms with E-state index in [4.69, 9.17) is 9.57 Å². The molecule has 1 heterocycles. The first-order valence-electron chi connectivity index (χ1n) is 3.65. The van der Waals surface area contributed by atoms with Gasteiger partial charge >= 0.3 is 0 Å². The van der Waals surface area contributed by atoms with Crippen molar-refractivity contribution in [2.45, 2.75) is 6.54 Å². The van der Waals surface area contributed by atoms with Crippen LogP contribution in [0.5, 0.6) is 0 Å². The van der Waals surface area contributed by atoms with E-state index in [1.54, 1.807) is 24.6 Å². The van der Waals surface area contributed by atoms with Gasteiger partial charge in [-0.1, -0.05) is 0 Å². The molecule has 1 aromatic rings. The minimum atomic E-state index is 0.557. The van der Waals surface area contributed by atoms with Crippen LogP contribution in [-0.4, -0.2) is 25.3 Å². The molecule has 0 saturated carbocycles. The summed E-state index contributed by atoms with van der Waals surface area (Å²) in [6, 6.07) is 0. The molecule has 0 saturated heterocycles. The van der Waals surface area contributed by atoms with Crippen molar-refractivity contribution < 1.29 is 9.57 Å². The van der Waals surface area contributed by atoms with Gasteiger partial charge in [0.2, 0.25) is 0 Å². The third kappa shape index (κ3) is 3.77. The number of hydroxylamine groups is 1. The van der Waals surface area contributed by atoms with Crippen LogP contribution in [0.15, 0.2) is 11.6 Å². The molecule has 0 unspecified atom stereocenters. The molecular formula is C7H12N2O2S. The Labute approximate surface area is 75.5 Å². The van der Waals surface area contributed by atoms with E-state index in [9.17, 15) is 0 Å². The van der Waals surface area contributed by atoms with E-state index in [0.717, 1.165) is 5.01 Å². The molecule has 0 fully saturated rings. The van der Waals surface area contributed by atoms with E-state index in [1.165, 1.54) is 0 Å². The van der Waals surface area contributed by atoms with Gasteiger partial charge in [0.15, 0.2) is 0 Å². The van der Waals surface area contributed by atoms with E-state index in [1.807, 2.05) is 5.38 Å². The number of rotatable bonds is 6. The molecular weight excluding hydrogens is 176 g/mol. The van der Waals surface area contributed by atoms with Crippen LogP contribution in [0.1, 0.15) is 5.01 Å². The number of thiazole rings is 1. The zero-order valence-corrected chi connectivity index (χ0v) is 7.76. The highest BCUT2D eigenvalue weighted by molar-refractivity contribution is 7.09. The molecule has 0 aliphatic carbocycles. The maximum atomic E-state index is 5.04. The molecule has 1 aromatic heterocycles. The van der Waals surface area contributed by atoms with E-state index < -0.39 is 0 Å². The average Bonchev–Trinajstić information content (AvgIpc) is 2.57. The summed E-state index contributed by atoms with van der Waals surface area (Å²) in [4.78, 5) is 9.12. The molecule has 0 atom stereocenters. The molecule has 68 valence electrons. The van der Waals surface area contributed by atoms with E-state index in [-0.39, 0.29) is 0 Å². The monoisotopic (exact) mass is 188 g/mol. The number of ether oxygens (including phenoxy) is 1. The number of nitrogens with one attached hydrogen (secondary N) is 1. The van der Waals surface area contributed by atoms with Gasteiger partial charge in [-0.15, -0.1) is 11.3 Å². The Bertz CT molecular complexity index is 191. The van der Waals surface area contributed by atoms with Gasteiger partial charge < -0.3 is 4.74 Å². The minimum Gasteiger partial charge on any atom is -0.382 e. The fourth-order valence-electron chi connectivity index (χ4n) is 0.650. The quantitative estimate of drug-likeness (QED) is 0.530. The topological polar surface area (TPSA) is 43.4 Å². The molecule has 0 amide bonds. The molecule has 5 heteroatoms. The Balaban J connectivity index is 1.96. The van der Waals surface area contributed by atoms with Gasteiger partial charge in [0.05, 0.1) is 19.8 Å². The number of aromatic nitrogens is 1. The van der Waals surface area contributed by atoms with E-state index in [0.29, 0.717) is 19.8 Å². The molecule has 0 spiro atoms. The number of hydrogen-bond donors (Lipinski definition) is 1. The van der Waals surface area contributed by atoms with Crippen LogP contribution in [0.4, 0.5) is 0 Å². The van der Waals surface area contributed by atoms with Crippen LogP contribution in [-0.2, 0) is 16.1 Å². The Hall–Kier alpha value is -0.490. The van der Waals surface area contributed by atoms with E-state index >= 15 is 0 Å². The van der Waals surface area contributed by atoms with Crippen LogP contribution in [0.25, 0.3) is 0 Å². The van der Waals surface area contributed by atoms with Crippen LogP contribution < -0.4 is 5.48 Å². The average molecular weight is 188 g/mol. The maximum absolute atomic E-state index is 5.04. The predicted molar refractivity (Wildman–Crippen MR) is 46.8 cm³/mol. The Morgan fingerprint density at radius 1 is 1.58 bits per heavy atom. The summed E-state index contributed by atoms with van der Waals surface area (Å²) in [5, 5.41) is 2.96. The largest absolute Gasteiger partial charge is 0.382 e. The van der Waals surface area contributed by atoms with Gasteiger partial charge in [-0.05, 0) is 0 Å². The first-order chi connectivity index (χ1) is 5.93. The van der Waals surface area contributed by atoms with Crippen LogP contribution in [0.2, 0.25) is 0 Å². The third-order valence-electron chi connectivity index (χ3n) is 1.20. The first-order valence-corrected chi connectivity index (χ1v) is 4.53. The predicted octanol–water partition coefficient (Wildman–Crippen LogP) is 0.811. The fraction of sp³-hybridized carbons (Fsp3) is 0.571. The van der Waals surface area contributed by atoms with E-state index in [2.05, 4.69) is 10.5 Å². The summed E-state index contributed by atoms with van der Waals surface area (Å²) >= 11 is 1.60. The minimum absolute atomic E-state index is 0.557.